The van der Waals surface area contributed by atoms with Crippen molar-refractivity contribution in [3.63, 3.8) is 0 Å². The van der Waals surface area contributed by atoms with Crippen LogP contribution in [0.4, 0.5) is 0 Å². The molecule has 1 aliphatic heterocycles. The van der Waals surface area contributed by atoms with Crippen molar-refractivity contribution in [2.45, 2.75) is 12.2 Å². The van der Waals surface area contributed by atoms with E-state index in [2.05, 4.69) is 60.4 Å². The Bertz CT molecular complexity index is 636. The van der Waals surface area contributed by atoms with E-state index < -0.39 is 0 Å². The maximum atomic E-state index is 5.59. The number of thioether (sulfide) groups is 1. The maximum Gasteiger partial charge on any atom is 0.137 e. The lowest BCUT2D eigenvalue weighted by atomic mass is 10.0. The molecular weight excluding hydrogens is 322 g/mol. The zero-order chi connectivity index (χ0) is 16.1. The van der Waals surface area contributed by atoms with E-state index in [9.17, 15) is 0 Å². The van der Waals surface area contributed by atoms with E-state index in [4.69, 9.17) is 17.0 Å². The van der Waals surface area contributed by atoms with Crippen LogP contribution in [0.2, 0.25) is 0 Å². The third kappa shape index (κ3) is 4.34. The lowest BCUT2D eigenvalue weighted by Crippen LogP contribution is -2.38. The van der Waals surface area contributed by atoms with Crippen LogP contribution >= 0.6 is 24.0 Å². The van der Waals surface area contributed by atoms with E-state index in [-0.39, 0.29) is 0 Å². The van der Waals surface area contributed by atoms with Crippen LogP contribution in [0.25, 0.3) is 11.1 Å². The lowest BCUT2D eigenvalue weighted by molar-refractivity contribution is 0.0702. The van der Waals surface area contributed by atoms with Gasteiger partial charge in [0, 0.05) is 18.3 Å². The van der Waals surface area contributed by atoms with Gasteiger partial charge in [-0.1, -0.05) is 78.6 Å². The van der Waals surface area contributed by atoms with E-state index in [1.165, 1.54) is 16.7 Å². The van der Waals surface area contributed by atoms with Crippen LogP contribution in [-0.4, -0.2) is 35.5 Å². The van der Waals surface area contributed by atoms with E-state index in [0.717, 1.165) is 30.6 Å². The van der Waals surface area contributed by atoms with Crippen LogP contribution in [0.3, 0.4) is 0 Å². The van der Waals surface area contributed by atoms with Crippen LogP contribution in [0.5, 0.6) is 0 Å². The lowest BCUT2D eigenvalue weighted by Gasteiger charge is -2.29. The second-order valence-electron chi connectivity index (χ2n) is 5.61. The average Bonchev–Trinajstić information content (AvgIpc) is 2.63. The van der Waals surface area contributed by atoms with Crippen molar-refractivity contribution in [3.8, 4) is 11.1 Å². The molecule has 2 aromatic rings. The minimum atomic E-state index is 0.357. The fourth-order valence-corrected chi connectivity index (χ4v) is 4.16. The van der Waals surface area contributed by atoms with Crippen LogP contribution in [0.15, 0.2) is 54.6 Å². The van der Waals surface area contributed by atoms with Gasteiger partial charge in [0.1, 0.15) is 4.32 Å². The largest absolute Gasteiger partial charge is 0.378 e. The molecule has 1 fully saturated rings. The monoisotopic (exact) mass is 343 g/mol. The van der Waals surface area contributed by atoms with Crippen LogP contribution in [-0.2, 0) is 4.74 Å². The van der Waals surface area contributed by atoms with Gasteiger partial charge in [-0.05, 0) is 23.6 Å². The predicted octanol–water partition coefficient (Wildman–Crippen LogP) is 4.76. The smallest absolute Gasteiger partial charge is 0.137 e. The molecule has 0 aliphatic carbocycles. The minimum Gasteiger partial charge on any atom is -0.378 e. The average molecular weight is 344 g/mol. The first-order valence-electron chi connectivity index (χ1n) is 7.93. The third-order valence-electron chi connectivity index (χ3n) is 4.03. The molecule has 0 aromatic heterocycles. The molecule has 0 spiro atoms. The summed E-state index contributed by atoms with van der Waals surface area (Å²) in [6.45, 7) is 5.59. The summed E-state index contributed by atoms with van der Waals surface area (Å²) in [6.07, 6.45) is 0. The van der Waals surface area contributed by atoms with Crippen molar-refractivity contribution in [2.75, 3.05) is 26.3 Å². The van der Waals surface area contributed by atoms with Gasteiger partial charge >= 0.3 is 0 Å². The Morgan fingerprint density at radius 1 is 1.00 bits per heavy atom. The van der Waals surface area contributed by atoms with Crippen molar-refractivity contribution in [3.05, 3.63) is 60.2 Å². The fourth-order valence-electron chi connectivity index (χ4n) is 2.62. The highest BCUT2D eigenvalue weighted by Crippen LogP contribution is 2.32. The molecule has 1 aliphatic rings. The van der Waals surface area contributed by atoms with Gasteiger partial charge in [0.2, 0.25) is 0 Å². The predicted molar refractivity (Wildman–Crippen MR) is 103 cm³/mol. The molecule has 4 heteroatoms. The first-order chi connectivity index (χ1) is 11.2. The highest BCUT2D eigenvalue weighted by Gasteiger charge is 2.17. The summed E-state index contributed by atoms with van der Waals surface area (Å²) >= 11 is 7.35. The number of nitrogens with zero attached hydrogens (tertiary/aromatic N) is 1. The molecule has 23 heavy (non-hydrogen) atoms. The zero-order valence-electron chi connectivity index (χ0n) is 13.3. The van der Waals surface area contributed by atoms with Crippen LogP contribution in [0.1, 0.15) is 17.7 Å². The van der Waals surface area contributed by atoms with Crippen molar-refractivity contribution >= 4 is 28.3 Å². The van der Waals surface area contributed by atoms with Gasteiger partial charge in [-0.25, -0.2) is 0 Å². The summed E-state index contributed by atoms with van der Waals surface area (Å²) in [5, 5.41) is 0.357. The number of ether oxygens (including phenoxy) is 1. The molecule has 0 amide bonds. The summed E-state index contributed by atoms with van der Waals surface area (Å²) < 4.78 is 6.36. The molecule has 2 nitrogen and oxygen atoms in total. The Balaban J connectivity index is 1.63. The number of benzene rings is 2. The highest BCUT2D eigenvalue weighted by atomic mass is 32.2. The molecule has 1 saturated heterocycles. The Kier molecular flexibility index (Phi) is 5.70. The van der Waals surface area contributed by atoms with E-state index in [0.29, 0.717) is 5.25 Å². The van der Waals surface area contributed by atoms with Gasteiger partial charge in [0.25, 0.3) is 0 Å². The fraction of sp³-hybridized carbons (Fsp3) is 0.316. The molecule has 0 saturated carbocycles. The Morgan fingerprint density at radius 3 is 2.26 bits per heavy atom. The number of thiocarbonyl (C=S) groups is 1. The summed E-state index contributed by atoms with van der Waals surface area (Å²) in [4.78, 5) is 2.25. The number of rotatable bonds is 3. The normalized spacial score (nSPS) is 16.1. The van der Waals surface area contributed by atoms with Crippen molar-refractivity contribution in [1.29, 1.82) is 0 Å². The van der Waals surface area contributed by atoms with Crippen molar-refractivity contribution in [2.24, 2.45) is 0 Å². The summed E-state index contributed by atoms with van der Waals surface area (Å²) in [5.41, 5.74) is 3.82. The van der Waals surface area contributed by atoms with Gasteiger partial charge < -0.3 is 9.64 Å². The van der Waals surface area contributed by atoms with Crippen LogP contribution in [0, 0.1) is 0 Å². The standard InChI is InChI=1S/C19H21NOS2/c1-15(23-19(22)20-11-13-21-14-12-20)16-7-9-18(10-8-16)17-5-3-2-4-6-17/h2-10,15H,11-14H2,1H3. The van der Waals surface area contributed by atoms with Gasteiger partial charge in [-0.3, -0.25) is 0 Å². The highest BCUT2D eigenvalue weighted by molar-refractivity contribution is 8.23. The second-order valence-corrected chi connectivity index (χ2v) is 7.59. The molecule has 3 rings (SSSR count). The molecule has 0 N–H and O–H groups in total. The minimum absolute atomic E-state index is 0.357. The van der Waals surface area contributed by atoms with E-state index in [1.807, 2.05) is 6.07 Å². The molecule has 120 valence electrons. The molecule has 1 atom stereocenters. The molecule has 1 heterocycles. The number of morpholine rings is 1. The molecule has 2 aromatic carbocycles. The number of hydrogen-bond donors (Lipinski definition) is 0. The first kappa shape index (κ1) is 16.5. The Hall–Kier alpha value is -1.36. The summed E-state index contributed by atoms with van der Waals surface area (Å²) in [5.74, 6) is 0. The topological polar surface area (TPSA) is 12.5 Å². The van der Waals surface area contributed by atoms with Crippen molar-refractivity contribution in [1.82, 2.24) is 4.90 Å². The molecular formula is C19H21NOS2. The summed E-state index contributed by atoms with van der Waals surface area (Å²) in [6, 6.07) is 19.3. The molecule has 0 bridgehead atoms. The third-order valence-corrected chi connectivity index (χ3v) is 5.67. The first-order valence-corrected chi connectivity index (χ1v) is 9.21. The maximum absolute atomic E-state index is 5.59. The van der Waals surface area contributed by atoms with Gasteiger partial charge in [-0.15, -0.1) is 0 Å². The molecule has 1 unspecified atom stereocenters. The summed E-state index contributed by atoms with van der Waals surface area (Å²) in [7, 11) is 0. The SMILES string of the molecule is CC(SC(=S)N1CCOCC1)c1ccc(-c2ccccc2)cc1. The van der Waals surface area contributed by atoms with Gasteiger partial charge in [0.15, 0.2) is 0 Å². The van der Waals surface area contributed by atoms with Crippen LogP contribution < -0.4 is 0 Å². The number of hydrogen-bond acceptors (Lipinski definition) is 3. The second kappa shape index (κ2) is 7.95. The van der Waals surface area contributed by atoms with Gasteiger partial charge in [-0.2, -0.15) is 0 Å². The Morgan fingerprint density at radius 2 is 1.61 bits per heavy atom. The quantitative estimate of drug-likeness (QED) is 0.744. The zero-order valence-corrected chi connectivity index (χ0v) is 14.9. The van der Waals surface area contributed by atoms with E-state index in [1.54, 1.807) is 11.8 Å². The van der Waals surface area contributed by atoms with Gasteiger partial charge in [0.05, 0.1) is 13.2 Å². The van der Waals surface area contributed by atoms with E-state index >= 15 is 0 Å². The van der Waals surface area contributed by atoms with Crippen molar-refractivity contribution < 1.29 is 4.74 Å². The Labute approximate surface area is 147 Å². The molecule has 0 radical (unpaired) electrons.